The number of nitrogens with one attached hydrogen (secondary N) is 2. The van der Waals surface area contributed by atoms with E-state index in [9.17, 15) is 9.59 Å². The Labute approximate surface area is 146 Å². The largest absolute Gasteiger partial charge is 0.478 e. The van der Waals surface area contributed by atoms with E-state index in [2.05, 4.69) is 29.7 Å². The van der Waals surface area contributed by atoms with Gasteiger partial charge in [-0.15, -0.1) is 0 Å². The molecule has 25 heavy (non-hydrogen) atoms. The number of hydrogen-bond acceptors (Lipinski definition) is 4. The van der Waals surface area contributed by atoms with Gasteiger partial charge in [-0.3, -0.25) is 0 Å². The number of aliphatic carboxylic acids is 2. The highest BCUT2D eigenvalue weighted by Gasteiger charge is 2.34. The van der Waals surface area contributed by atoms with Gasteiger partial charge in [0.2, 0.25) is 0 Å². The van der Waals surface area contributed by atoms with Gasteiger partial charge in [0.25, 0.3) is 0 Å². The predicted octanol–water partition coefficient (Wildman–Crippen LogP) is 2.10. The van der Waals surface area contributed by atoms with Crippen molar-refractivity contribution in [3.8, 4) is 0 Å². The highest BCUT2D eigenvalue weighted by atomic mass is 16.4. The topological polar surface area (TPSA) is 98.7 Å². The molecule has 1 atom stereocenters. The summed E-state index contributed by atoms with van der Waals surface area (Å²) < 4.78 is 0. The van der Waals surface area contributed by atoms with Crippen LogP contribution in [0.15, 0.2) is 58.0 Å². The van der Waals surface area contributed by atoms with Crippen LogP contribution < -0.4 is 10.6 Å². The molecular formula is C19H22N2O4. The first-order valence-corrected chi connectivity index (χ1v) is 8.41. The van der Waals surface area contributed by atoms with E-state index in [0.717, 1.165) is 13.1 Å². The number of fused-ring (bicyclic) bond motifs is 1. The molecule has 0 bridgehead atoms. The Morgan fingerprint density at radius 1 is 1.20 bits per heavy atom. The first-order valence-electron chi connectivity index (χ1n) is 8.41. The molecule has 2 aliphatic carbocycles. The molecule has 0 spiro atoms. The van der Waals surface area contributed by atoms with Crippen LogP contribution in [0, 0.1) is 5.92 Å². The summed E-state index contributed by atoms with van der Waals surface area (Å²) in [5.41, 5.74) is 9.23. The molecule has 132 valence electrons. The van der Waals surface area contributed by atoms with Crippen LogP contribution in [0.25, 0.3) is 0 Å². The summed E-state index contributed by atoms with van der Waals surface area (Å²) in [6, 6.07) is 0. The Kier molecular flexibility index (Phi) is 4.79. The van der Waals surface area contributed by atoms with Crippen LogP contribution in [0.4, 0.5) is 0 Å². The average molecular weight is 342 g/mol. The molecule has 0 amide bonds. The zero-order valence-corrected chi connectivity index (χ0v) is 14.1. The Morgan fingerprint density at radius 2 is 1.92 bits per heavy atom. The molecule has 4 aliphatic rings. The van der Waals surface area contributed by atoms with Crippen molar-refractivity contribution in [1.29, 1.82) is 0 Å². The molecule has 0 radical (unpaired) electrons. The fourth-order valence-electron chi connectivity index (χ4n) is 3.82. The van der Waals surface area contributed by atoms with E-state index in [-0.39, 0.29) is 0 Å². The monoisotopic (exact) mass is 342 g/mol. The van der Waals surface area contributed by atoms with Crippen molar-refractivity contribution in [1.82, 2.24) is 10.6 Å². The average Bonchev–Trinajstić information content (AvgIpc) is 2.99. The third-order valence-corrected chi connectivity index (χ3v) is 4.81. The van der Waals surface area contributed by atoms with Gasteiger partial charge in [-0.05, 0) is 49.0 Å². The molecule has 6 nitrogen and oxygen atoms in total. The molecule has 2 heterocycles. The summed E-state index contributed by atoms with van der Waals surface area (Å²) in [4.78, 5) is 19.1. The van der Waals surface area contributed by atoms with E-state index in [0.29, 0.717) is 18.1 Å². The minimum absolute atomic E-state index is 0.558. The zero-order chi connectivity index (χ0) is 18.0. The van der Waals surface area contributed by atoms with Crippen LogP contribution in [0.2, 0.25) is 0 Å². The van der Waals surface area contributed by atoms with E-state index in [4.69, 9.17) is 10.2 Å². The Balaban J connectivity index is 0.000000197. The third kappa shape index (κ3) is 3.68. The molecule has 1 unspecified atom stereocenters. The summed E-state index contributed by atoms with van der Waals surface area (Å²) in [6.07, 6.45) is 9.56. The van der Waals surface area contributed by atoms with Crippen molar-refractivity contribution >= 4 is 11.9 Å². The van der Waals surface area contributed by atoms with Gasteiger partial charge < -0.3 is 20.8 Å². The van der Waals surface area contributed by atoms with Crippen LogP contribution in [0.3, 0.4) is 0 Å². The molecule has 0 fully saturated rings. The van der Waals surface area contributed by atoms with Crippen LogP contribution in [-0.2, 0) is 9.59 Å². The number of rotatable bonds is 2. The van der Waals surface area contributed by atoms with Gasteiger partial charge in [0.1, 0.15) is 0 Å². The maximum absolute atomic E-state index is 9.55. The number of hydrogen-bond donors (Lipinski definition) is 4. The molecule has 0 saturated carbocycles. The zero-order valence-electron chi connectivity index (χ0n) is 14.1. The minimum Gasteiger partial charge on any atom is -0.478 e. The Bertz CT molecular complexity index is 752. The smallest absolute Gasteiger partial charge is 0.328 e. The fraction of sp³-hybridized carbons (Fsp3) is 0.368. The van der Waals surface area contributed by atoms with Crippen molar-refractivity contribution in [2.45, 2.75) is 26.2 Å². The van der Waals surface area contributed by atoms with E-state index < -0.39 is 11.9 Å². The van der Waals surface area contributed by atoms with Crippen molar-refractivity contribution in [2.24, 2.45) is 5.92 Å². The lowest BCUT2D eigenvalue weighted by atomic mass is 9.74. The van der Waals surface area contributed by atoms with Crippen molar-refractivity contribution in [3.63, 3.8) is 0 Å². The second-order valence-corrected chi connectivity index (χ2v) is 6.54. The summed E-state index contributed by atoms with van der Waals surface area (Å²) in [5, 5.41) is 22.7. The third-order valence-electron chi connectivity index (χ3n) is 4.81. The lowest BCUT2D eigenvalue weighted by Gasteiger charge is -2.33. The first-order chi connectivity index (χ1) is 12.0. The SMILES string of the molecule is CC1=CC2=C3CCC=C4NCC(=C43)CC2CN1.O=C(O)/C=C\C(=O)O. The summed E-state index contributed by atoms with van der Waals surface area (Å²) in [7, 11) is 0. The predicted molar refractivity (Wildman–Crippen MR) is 93.7 cm³/mol. The van der Waals surface area contributed by atoms with Crippen LogP contribution in [0.5, 0.6) is 0 Å². The standard InChI is InChI=1S/C15H18N2.C4H4O4/c1-9-5-13-10(7-16-9)6-11-8-17-14-4-2-3-12(13)15(11)14;5-3(6)1-2-4(7)8/h4-5,10,16-17H,2-3,6-8H2,1H3;1-2H,(H,5,6)(H,7,8)/b;2-1-. The number of carboxylic acids is 2. The molecule has 0 aromatic heterocycles. The number of carbonyl (C=O) groups is 2. The molecule has 6 heteroatoms. The van der Waals surface area contributed by atoms with Crippen molar-refractivity contribution in [2.75, 3.05) is 13.1 Å². The van der Waals surface area contributed by atoms with Crippen LogP contribution in [0.1, 0.15) is 26.2 Å². The second-order valence-electron chi connectivity index (χ2n) is 6.54. The molecule has 2 aliphatic heterocycles. The fourth-order valence-corrected chi connectivity index (χ4v) is 3.82. The van der Waals surface area contributed by atoms with Crippen molar-refractivity contribution < 1.29 is 19.8 Å². The quantitative estimate of drug-likeness (QED) is 0.574. The van der Waals surface area contributed by atoms with Crippen LogP contribution >= 0.6 is 0 Å². The summed E-state index contributed by atoms with van der Waals surface area (Å²) >= 11 is 0. The minimum atomic E-state index is -1.26. The molecule has 0 aromatic carbocycles. The molecular weight excluding hydrogens is 320 g/mol. The van der Waals surface area contributed by atoms with Gasteiger partial charge >= 0.3 is 11.9 Å². The normalized spacial score (nSPS) is 23.5. The van der Waals surface area contributed by atoms with E-state index in [1.165, 1.54) is 30.7 Å². The van der Waals surface area contributed by atoms with Crippen LogP contribution in [-0.4, -0.2) is 35.2 Å². The maximum atomic E-state index is 9.55. The summed E-state index contributed by atoms with van der Waals surface area (Å²) in [5.74, 6) is -1.80. The maximum Gasteiger partial charge on any atom is 0.328 e. The van der Waals surface area contributed by atoms with Gasteiger partial charge in [0.15, 0.2) is 0 Å². The molecule has 0 saturated heterocycles. The first kappa shape index (κ1) is 17.1. The summed E-state index contributed by atoms with van der Waals surface area (Å²) in [6.45, 7) is 4.38. The van der Waals surface area contributed by atoms with Gasteiger partial charge in [0, 0.05) is 48.1 Å². The highest BCUT2D eigenvalue weighted by molar-refractivity contribution is 5.89. The Morgan fingerprint density at radius 3 is 2.60 bits per heavy atom. The highest BCUT2D eigenvalue weighted by Crippen LogP contribution is 2.45. The van der Waals surface area contributed by atoms with Gasteiger partial charge in [-0.1, -0.05) is 6.08 Å². The van der Waals surface area contributed by atoms with E-state index in [1.807, 2.05) is 0 Å². The van der Waals surface area contributed by atoms with E-state index >= 15 is 0 Å². The Hall–Kier alpha value is -2.76. The molecule has 4 N–H and O–H groups in total. The second kappa shape index (κ2) is 7.01. The van der Waals surface area contributed by atoms with Crippen molar-refractivity contribution in [3.05, 3.63) is 58.0 Å². The molecule has 4 rings (SSSR count). The number of allylic oxidation sites excluding steroid dienone is 4. The van der Waals surface area contributed by atoms with Gasteiger partial charge in [-0.25, -0.2) is 9.59 Å². The number of carboxylic acid groups (broad SMARTS) is 2. The lowest BCUT2D eigenvalue weighted by molar-refractivity contribution is -0.134. The molecule has 0 aromatic rings. The lowest BCUT2D eigenvalue weighted by Crippen LogP contribution is -2.30. The van der Waals surface area contributed by atoms with E-state index in [1.54, 1.807) is 22.3 Å². The van der Waals surface area contributed by atoms with Gasteiger partial charge in [0.05, 0.1) is 0 Å². The van der Waals surface area contributed by atoms with Gasteiger partial charge in [-0.2, -0.15) is 0 Å².